The molecule has 35 heavy (non-hydrogen) atoms. The highest BCUT2D eigenvalue weighted by atomic mass is 16.5. The molecule has 0 spiro atoms. The highest BCUT2D eigenvalue weighted by Crippen LogP contribution is 2.52. The smallest absolute Gasteiger partial charge is 0.332 e. The number of aromatic nitrogens is 1. The lowest BCUT2D eigenvalue weighted by molar-refractivity contribution is -0.125. The molecule has 6 rings (SSSR count). The Morgan fingerprint density at radius 1 is 0.886 bits per heavy atom. The Labute approximate surface area is 202 Å². The van der Waals surface area contributed by atoms with Crippen molar-refractivity contribution in [3.8, 4) is 11.5 Å². The maximum atomic E-state index is 14.1. The van der Waals surface area contributed by atoms with Crippen molar-refractivity contribution in [3.05, 3.63) is 89.6 Å². The summed E-state index contributed by atoms with van der Waals surface area (Å²) in [5.74, 6) is 0.728. The van der Waals surface area contributed by atoms with Crippen molar-refractivity contribution in [2.75, 3.05) is 25.7 Å². The van der Waals surface area contributed by atoms with Gasteiger partial charge in [0, 0.05) is 28.9 Å². The molecule has 1 aromatic heterocycles. The molecule has 1 saturated heterocycles. The fourth-order valence-corrected chi connectivity index (χ4v) is 5.65. The minimum Gasteiger partial charge on any atom is -0.496 e. The average molecular weight is 468 g/mol. The first-order valence-corrected chi connectivity index (χ1v) is 11.5. The van der Waals surface area contributed by atoms with Crippen molar-refractivity contribution >= 4 is 28.5 Å². The number of nitrogens with zero attached hydrogens (tertiary/aromatic N) is 2. The van der Waals surface area contributed by atoms with Gasteiger partial charge in [-0.15, -0.1) is 0 Å². The molecule has 3 amide bonds. The van der Waals surface area contributed by atoms with Crippen LogP contribution < -0.4 is 14.4 Å². The van der Waals surface area contributed by atoms with Gasteiger partial charge in [-0.1, -0.05) is 48.5 Å². The summed E-state index contributed by atoms with van der Waals surface area (Å²) in [6.07, 6.45) is 0. The van der Waals surface area contributed by atoms with Gasteiger partial charge in [-0.05, 0) is 36.8 Å². The van der Waals surface area contributed by atoms with Crippen LogP contribution in [0.15, 0.2) is 72.8 Å². The van der Waals surface area contributed by atoms with E-state index in [2.05, 4.69) is 11.1 Å². The van der Waals surface area contributed by atoms with Crippen LogP contribution in [0.4, 0.5) is 10.5 Å². The van der Waals surface area contributed by atoms with Gasteiger partial charge in [0.1, 0.15) is 11.5 Å². The second-order valence-corrected chi connectivity index (χ2v) is 9.03. The number of carbonyl (C=O) groups is 2. The van der Waals surface area contributed by atoms with Crippen LogP contribution in [0.3, 0.4) is 0 Å². The molecular weight excluding hydrogens is 442 g/mol. The molecule has 7 heteroatoms. The molecule has 1 N–H and O–H groups in total. The molecular formula is C28H25N3O4. The fraction of sp³-hybridized carbons (Fsp3) is 0.214. The van der Waals surface area contributed by atoms with E-state index in [1.165, 1.54) is 12.0 Å². The lowest BCUT2D eigenvalue weighted by atomic mass is 9.78. The van der Waals surface area contributed by atoms with Gasteiger partial charge in [-0.3, -0.25) is 4.79 Å². The molecule has 1 unspecified atom stereocenters. The normalized spacial score (nSPS) is 21.3. The highest BCUT2D eigenvalue weighted by molar-refractivity contribution is 6.24. The molecule has 0 radical (unpaired) electrons. The van der Waals surface area contributed by atoms with E-state index in [9.17, 15) is 9.59 Å². The van der Waals surface area contributed by atoms with Crippen molar-refractivity contribution in [1.29, 1.82) is 0 Å². The van der Waals surface area contributed by atoms with Gasteiger partial charge in [0.15, 0.2) is 5.54 Å². The third kappa shape index (κ3) is 2.78. The van der Waals surface area contributed by atoms with Crippen LogP contribution in [0.2, 0.25) is 0 Å². The van der Waals surface area contributed by atoms with E-state index in [0.29, 0.717) is 18.0 Å². The summed E-state index contributed by atoms with van der Waals surface area (Å²) in [7, 11) is 3.18. The maximum Gasteiger partial charge on any atom is 0.332 e. The van der Waals surface area contributed by atoms with Crippen molar-refractivity contribution < 1.29 is 19.1 Å². The maximum absolute atomic E-state index is 14.1. The summed E-state index contributed by atoms with van der Waals surface area (Å²) in [6.45, 7) is 2.16. The van der Waals surface area contributed by atoms with Crippen LogP contribution in [-0.4, -0.2) is 42.6 Å². The molecule has 176 valence electrons. The van der Waals surface area contributed by atoms with Gasteiger partial charge in [-0.25, -0.2) is 9.69 Å². The predicted molar refractivity (Wildman–Crippen MR) is 133 cm³/mol. The van der Waals surface area contributed by atoms with E-state index in [-0.39, 0.29) is 17.9 Å². The molecule has 4 aromatic rings. The zero-order valence-electron chi connectivity index (χ0n) is 19.7. The Morgan fingerprint density at radius 3 is 2.31 bits per heavy atom. The number of fused-ring (bicyclic) bond motifs is 5. The number of urea groups is 1. The molecule has 1 fully saturated rings. The number of carbonyl (C=O) groups excluding carboxylic acids is 2. The minimum absolute atomic E-state index is 0.181. The van der Waals surface area contributed by atoms with Gasteiger partial charge in [0.05, 0.1) is 25.6 Å². The Morgan fingerprint density at radius 2 is 1.54 bits per heavy atom. The van der Waals surface area contributed by atoms with Crippen LogP contribution in [0.5, 0.6) is 11.5 Å². The van der Waals surface area contributed by atoms with Crippen molar-refractivity contribution in [3.63, 3.8) is 0 Å². The number of anilines is 1. The number of methoxy groups -OCH3 is 2. The van der Waals surface area contributed by atoms with E-state index in [4.69, 9.17) is 9.47 Å². The fourth-order valence-electron chi connectivity index (χ4n) is 5.65. The van der Waals surface area contributed by atoms with Crippen LogP contribution in [0.1, 0.15) is 29.7 Å². The van der Waals surface area contributed by atoms with Gasteiger partial charge in [0.25, 0.3) is 5.91 Å². The second-order valence-electron chi connectivity index (χ2n) is 9.03. The zero-order chi connectivity index (χ0) is 24.3. The number of hydrogen-bond acceptors (Lipinski definition) is 4. The summed E-state index contributed by atoms with van der Waals surface area (Å²) < 4.78 is 11.2. The number of imide groups is 1. The number of nitrogens with one attached hydrogen (secondary N) is 1. The minimum atomic E-state index is -1.19. The number of para-hydroxylation sites is 4. The van der Waals surface area contributed by atoms with E-state index in [0.717, 1.165) is 33.5 Å². The first kappa shape index (κ1) is 21.3. The second kappa shape index (κ2) is 7.63. The van der Waals surface area contributed by atoms with Crippen molar-refractivity contribution in [2.24, 2.45) is 0 Å². The number of H-pyrrole nitrogens is 1. The van der Waals surface area contributed by atoms with Crippen LogP contribution in [-0.2, 0) is 10.3 Å². The molecule has 0 saturated carbocycles. The van der Waals surface area contributed by atoms with Crippen LogP contribution in [0.25, 0.3) is 10.9 Å². The summed E-state index contributed by atoms with van der Waals surface area (Å²) in [6, 6.07) is 22.6. The number of rotatable bonds is 4. The third-order valence-corrected chi connectivity index (χ3v) is 7.37. The molecule has 3 heterocycles. The van der Waals surface area contributed by atoms with Crippen molar-refractivity contribution in [1.82, 2.24) is 9.88 Å². The summed E-state index contributed by atoms with van der Waals surface area (Å²) >= 11 is 0. The number of hydrogen-bond donors (Lipinski definition) is 1. The summed E-state index contributed by atoms with van der Waals surface area (Å²) in [4.78, 5) is 34.4. The van der Waals surface area contributed by atoms with E-state index < -0.39 is 5.54 Å². The number of aromatic amines is 1. The number of ether oxygens (including phenoxy) is 2. The van der Waals surface area contributed by atoms with Crippen molar-refractivity contribution in [2.45, 2.75) is 18.4 Å². The summed E-state index contributed by atoms with van der Waals surface area (Å²) in [5.41, 5.74) is 2.90. The van der Waals surface area contributed by atoms with E-state index in [1.54, 1.807) is 30.2 Å². The first-order valence-electron chi connectivity index (χ1n) is 11.5. The zero-order valence-corrected chi connectivity index (χ0v) is 19.7. The van der Waals surface area contributed by atoms with E-state index in [1.807, 2.05) is 55.5 Å². The molecule has 0 aliphatic carbocycles. The largest absolute Gasteiger partial charge is 0.496 e. The number of benzene rings is 3. The Balaban J connectivity index is 1.60. The summed E-state index contributed by atoms with van der Waals surface area (Å²) in [5, 5.41) is 1.04. The van der Waals surface area contributed by atoms with Crippen LogP contribution >= 0.6 is 0 Å². The van der Waals surface area contributed by atoms with Gasteiger partial charge < -0.3 is 19.4 Å². The lowest BCUT2D eigenvalue weighted by Gasteiger charge is -2.40. The Kier molecular flexibility index (Phi) is 4.64. The Bertz CT molecular complexity index is 1490. The Hall–Kier alpha value is -4.26. The molecule has 2 aliphatic heterocycles. The van der Waals surface area contributed by atoms with Crippen LogP contribution in [0, 0.1) is 0 Å². The molecule has 3 aromatic carbocycles. The lowest BCUT2D eigenvalue weighted by Crippen LogP contribution is -2.50. The monoisotopic (exact) mass is 467 g/mol. The molecule has 7 nitrogen and oxygen atoms in total. The molecule has 2 atom stereocenters. The van der Waals surface area contributed by atoms with Gasteiger partial charge in [0.2, 0.25) is 0 Å². The highest BCUT2D eigenvalue weighted by Gasteiger charge is 2.61. The number of amides is 3. The first-order chi connectivity index (χ1) is 17.0. The standard InChI is InChI=1S/C28H25N3O4/c1-28-25-24(18-11-4-6-12-20(18)29-25)19(17-10-5-8-14-22(17)34-2)16-30(28)27(33)31(26(28)32)21-13-7-9-15-23(21)35-3/h4-15,19,29H,16H2,1-3H3/t19?,28-/m0/s1. The molecule has 0 bridgehead atoms. The van der Waals surface area contributed by atoms with Gasteiger partial charge in [-0.2, -0.15) is 0 Å². The SMILES string of the molecule is COc1ccccc1C1CN2C(=O)N(c3ccccc3OC)C(=O)[C@]2(C)c2[nH]c3ccccc3c21. The third-order valence-electron chi connectivity index (χ3n) is 7.37. The topological polar surface area (TPSA) is 74.9 Å². The molecule has 2 aliphatic rings. The predicted octanol–water partition coefficient (Wildman–Crippen LogP) is 5.01. The van der Waals surface area contributed by atoms with Gasteiger partial charge >= 0.3 is 6.03 Å². The van der Waals surface area contributed by atoms with E-state index >= 15 is 0 Å². The quantitative estimate of drug-likeness (QED) is 0.428. The average Bonchev–Trinajstić information content (AvgIpc) is 3.38.